The summed E-state index contributed by atoms with van der Waals surface area (Å²) in [6.07, 6.45) is 3.43. The second-order valence-corrected chi connectivity index (χ2v) is 5.11. The molecule has 1 heterocycles. The van der Waals surface area contributed by atoms with Gasteiger partial charge in [0.1, 0.15) is 0 Å². The quantitative estimate of drug-likeness (QED) is 0.864. The number of hydrogen-bond acceptors (Lipinski definition) is 2. The normalized spacial score (nSPS) is 21.0. The number of aliphatic hydroxyl groups is 1. The zero-order valence-electron chi connectivity index (χ0n) is 10.9. The van der Waals surface area contributed by atoms with Crippen molar-refractivity contribution in [1.29, 1.82) is 0 Å². The lowest BCUT2D eigenvalue weighted by Crippen LogP contribution is -2.25. The van der Waals surface area contributed by atoms with Crippen LogP contribution in [0, 0.1) is 13.8 Å². The van der Waals surface area contributed by atoms with Gasteiger partial charge in [0.05, 0.1) is 0 Å². The first kappa shape index (κ1) is 12.6. The Morgan fingerprint density at radius 1 is 1.29 bits per heavy atom. The van der Waals surface area contributed by atoms with E-state index in [-0.39, 0.29) is 0 Å². The largest absolute Gasteiger partial charge is 0.396 e. The molecule has 1 N–H and O–H groups in total. The summed E-state index contributed by atoms with van der Waals surface area (Å²) in [5, 5.41) is 8.94. The van der Waals surface area contributed by atoms with Crippen molar-refractivity contribution in [2.45, 2.75) is 39.2 Å². The Kier molecular flexibility index (Phi) is 4.19. The number of rotatable bonds is 4. The third-order valence-corrected chi connectivity index (χ3v) is 3.88. The van der Waals surface area contributed by atoms with Gasteiger partial charge in [-0.15, -0.1) is 0 Å². The summed E-state index contributed by atoms with van der Waals surface area (Å²) < 4.78 is 0. The van der Waals surface area contributed by atoms with Crippen molar-refractivity contribution in [3.8, 4) is 0 Å². The van der Waals surface area contributed by atoms with Gasteiger partial charge >= 0.3 is 0 Å². The molecule has 0 radical (unpaired) electrons. The van der Waals surface area contributed by atoms with Gasteiger partial charge in [-0.05, 0) is 56.3 Å². The molecule has 1 saturated heterocycles. The highest BCUT2D eigenvalue weighted by atomic mass is 16.3. The van der Waals surface area contributed by atoms with Gasteiger partial charge in [-0.1, -0.05) is 18.2 Å². The molecular formula is C15H23NO. The van der Waals surface area contributed by atoms with Crippen LogP contribution in [0.5, 0.6) is 0 Å². The zero-order valence-corrected chi connectivity index (χ0v) is 10.9. The fourth-order valence-corrected chi connectivity index (χ4v) is 2.72. The van der Waals surface area contributed by atoms with Crippen LogP contribution in [0.15, 0.2) is 18.2 Å². The van der Waals surface area contributed by atoms with E-state index in [2.05, 4.69) is 36.9 Å². The predicted octanol–water partition coefficient (Wildman–Crippen LogP) is 2.82. The first-order valence-electron chi connectivity index (χ1n) is 6.64. The SMILES string of the molecule is Cc1ccc(C2CCCN2CCCO)cc1C. The van der Waals surface area contributed by atoms with E-state index in [1.54, 1.807) is 0 Å². The summed E-state index contributed by atoms with van der Waals surface area (Å²) in [6, 6.07) is 7.40. The topological polar surface area (TPSA) is 23.5 Å². The van der Waals surface area contributed by atoms with Gasteiger partial charge in [0.2, 0.25) is 0 Å². The minimum absolute atomic E-state index is 0.302. The maximum absolute atomic E-state index is 8.94. The van der Waals surface area contributed by atoms with Crippen molar-refractivity contribution in [2.24, 2.45) is 0 Å². The van der Waals surface area contributed by atoms with Gasteiger partial charge < -0.3 is 5.11 Å². The Morgan fingerprint density at radius 2 is 2.12 bits per heavy atom. The Hall–Kier alpha value is -0.860. The van der Waals surface area contributed by atoms with Crippen molar-refractivity contribution in [1.82, 2.24) is 4.90 Å². The highest BCUT2D eigenvalue weighted by Crippen LogP contribution is 2.32. The number of benzene rings is 1. The van der Waals surface area contributed by atoms with Crippen molar-refractivity contribution in [2.75, 3.05) is 19.7 Å². The Balaban J connectivity index is 2.11. The monoisotopic (exact) mass is 233 g/mol. The lowest BCUT2D eigenvalue weighted by Gasteiger charge is -2.25. The van der Waals surface area contributed by atoms with Crippen LogP contribution in [-0.2, 0) is 0 Å². The van der Waals surface area contributed by atoms with Crippen LogP contribution in [0.25, 0.3) is 0 Å². The van der Waals surface area contributed by atoms with Crippen molar-refractivity contribution in [3.05, 3.63) is 34.9 Å². The molecule has 0 aromatic heterocycles. The molecule has 0 aliphatic carbocycles. The third-order valence-electron chi connectivity index (χ3n) is 3.88. The van der Waals surface area contributed by atoms with Crippen LogP contribution >= 0.6 is 0 Å². The fraction of sp³-hybridized carbons (Fsp3) is 0.600. The summed E-state index contributed by atoms with van der Waals surface area (Å²) >= 11 is 0. The predicted molar refractivity (Wildman–Crippen MR) is 71.2 cm³/mol. The van der Waals surface area contributed by atoms with Gasteiger partial charge in [0.15, 0.2) is 0 Å². The molecule has 1 aromatic rings. The molecule has 94 valence electrons. The number of aliphatic hydroxyl groups excluding tert-OH is 1. The first-order chi connectivity index (χ1) is 8.22. The molecule has 1 aromatic carbocycles. The van der Waals surface area contributed by atoms with Gasteiger partial charge in [0, 0.05) is 19.2 Å². The van der Waals surface area contributed by atoms with Crippen LogP contribution < -0.4 is 0 Å². The van der Waals surface area contributed by atoms with E-state index in [4.69, 9.17) is 5.11 Å². The van der Waals surface area contributed by atoms with Crippen LogP contribution in [0.2, 0.25) is 0 Å². The van der Waals surface area contributed by atoms with E-state index in [0.717, 1.165) is 13.0 Å². The number of likely N-dealkylation sites (tertiary alicyclic amines) is 1. The van der Waals surface area contributed by atoms with Crippen molar-refractivity contribution < 1.29 is 5.11 Å². The average Bonchev–Trinajstić information content (AvgIpc) is 2.78. The average molecular weight is 233 g/mol. The highest BCUT2D eigenvalue weighted by molar-refractivity contribution is 5.32. The zero-order chi connectivity index (χ0) is 12.3. The minimum atomic E-state index is 0.302. The van der Waals surface area contributed by atoms with Crippen LogP contribution in [0.4, 0.5) is 0 Å². The lowest BCUT2D eigenvalue weighted by atomic mass is 9.99. The van der Waals surface area contributed by atoms with Gasteiger partial charge in [-0.3, -0.25) is 4.90 Å². The number of aryl methyl sites for hydroxylation is 2. The highest BCUT2D eigenvalue weighted by Gasteiger charge is 2.25. The van der Waals surface area contributed by atoms with Gasteiger partial charge in [-0.2, -0.15) is 0 Å². The molecule has 0 amide bonds. The van der Waals surface area contributed by atoms with E-state index in [1.807, 2.05) is 0 Å². The Bertz CT molecular complexity index is 375. The molecule has 1 aliphatic heterocycles. The Morgan fingerprint density at radius 3 is 2.82 bits per heavy atom. The summed E-state index contributed by atoms with van der Waals surface area (Å²) in [7, 11) is 0. The molecule has 0 spiro atoms. The second-order valence-electron chi connectivity index (χ2n) is 5.11. The van der Waals surface area contributed by atoms with E-state index in [9.17, 15) is 0 Å². The van der Waals surface area contributed by atoms with E-state index < -0.39 is 0 Å². The maximum atomic E-state index is 8.94. The summed E-state index contributed by atoms with van der Waals surface area (Å²) in [6.45, 7) is 6.85. The van der Waals surface area contributed by atoms with E-state index >= 15 is 0 Å². The number of nitrogens with zero attached hydrogens (tertiary/aromatic N) is 1. The molecule has 2 nitrogen and oxygen atoms in total. The molecular weight excluding hydrogens is 210 g/mol. The molecule has 1 atom stereocenters. The van der Waals surface area contributed by atoms with E-state index in [0.29, 0.717) is 12.6 Å². The molecule has 2 heteroatoms. The molecule has 1 fully saturated rings. The summed E-state index contributed by atoms with van der Waals surface area (Å²) in [4.78, 5) is 2.51. The van der Waals surface area contributed by atoms with Crippen molar-refractivity contribution >= 4 is 0 Å². The van der Waals surface area contributed by atoms with Crippen LogP contribution in [-0.4, -0.2) is 29.7 Å². The fourth-order valence-electron chi connectivity index (χ4n) is 2.72. The smallest absolute Gasteiger partial charge is 0.0443 e. The molecule has 2 rings (SSSR count). The molecule has 0 bridgehead atoms. The van der Waals surface area contributed by atoms with Crippen LogP contribution in [0.3, 0.4) is 0 Å². The summed E-state index contributed by atoms with van der Waals surface area (Å²) in [5.41, 5.74) is 4.20. The van der Waals surface area contributed by atoms with Gasteiger partial charge in [-0.25, -0.2) is 0 Å². The molecule has 17 heavy (non-hydrogen) atoms. The standard InChI is InChI=1S/C15H23NO/c1-12-6-7-14(11-13(12)2)15-5-3-8-16(15)9-4-10-17/h6-7,11,15,17H,3-5,8-10H2,1-2H3. The molecule has 1 aliphatic rings. The van der Waals surface area contributed by atoms with Crippen LogP contribution in [0.1, 0.15) is 42.0 Å². The van der Waals surface area contributed by atoms with E-state index in [1.165, 1.54) is 36.1 Å². The van der Waals surface area contributed by atoms with Crippen molar-refractivity contribution in [3.63, 3.8) is 0 Å². The number of hydrogen-bond donors (Lipinski definition) is 1. The second kappa shape index (κ2) is 5.65. The molecule has 1 unspecified atom stereocenters. The summed E-state index contributed by atoms with van der Waals surface area (Å²) in [5.74, 6) is 0. The maximum Gasteiger partial charge on any atom is 0.0443 e. The third kappa shape index (κ3) is 2.88. The first-order valence-corrected chi connectivity index (χ1v) is 6.64. The Labute approximate surface area is 104 Å². The van der Waals surface area contributed by atoms with Gasteiger partial charge in [0.25, 0.3) is 0 Å². The molecule has 0 saturated carbocycles. The minimum Gasteiger partial charge on any atom is -0.396 e. The lowest BCUT2D eigenvalue weighted by molar-refractivity contribution is 0.213.